The van der Waals surface area contributed by atoms with Crippen molar-refractivity contribution in [2.24, 2.45) is 0 Å². The molecule has 124 valence electrons. The summed E-state index contributed by atoms with van der Waals surface area (Å²) in [6.07, 6.45) is 1.45. The largest absolute Gasteiger partial charge is 0.465 e. The van der Waals surface area contributed by atoms with Crippen LogP contribution < -0.4 is 4.90 Å². The third kappa shape index (κ3) is 4.62. The van der Waals surface area contributed by atoms with Gasteiger partial charge in [-0.2, -0.15) is 0 Å². The topological polar surface area (TPSA) is 99.0 Å². The molecule has 1 aromatic rings. The Bertz CT molecular complexity index is 614. The highest BCUT2D eigenvalue weighted by atomic mass is 16.6. The van der Waals surface area contributed by atoms with Gasteiger partial charge in [0.25, 0.3) is 11.6 Å². The summed E-state index contributed by atoms with van der Waals surface area (Å²) < 4.78 is 9.74. The van der Waals surface area contributed by atoms with Crippen molar-refractivity contribution >= 4 is 23.3 Å². The lowest BCUT2D eigenvalue weighted by Gasteiger charge is -2.23. The Morgan fingerprint density at radius 3 is 2.65 bits per heavy atom. The number of rotatable bonds is 8. The molecule has 0 atom stereocenters. The van der Waals surface area contributed by atoms with E-state index < -0.39 is 16.8 Å². The summed E-state index contributed by atoms with van der Waals surface area (Å²) in [5, 5.41) is 11.0. The molecular weight excluding hydrogens is 304 g/mol. The van der Waals surface area contributed by atoms with Crippen molar-refractivity contribution in [2.45, 2.75) is 6.92 Å². The van der Waals surface area contributed by atoms with Crippen LogP contribution in [0.15, 0.2) is 30.9 Å². The van der Waals surface area contributed by atoms with E-state index in [4.69, 9.17) is 4.74 Å². The minimum Gasteiger partial charge on any atom is -0.465 e. The molecular formula is C15H18N2O6. The summed E-state index contributed by atoms with van der Waals surface area (Å²) in [5.41, 5.74) is -0.119. The summed E-state index contributed by atoms with van der Waals surface area (Å²) >= 11 is 0. The van der Waals surface area contributed by atoms with E-state index in [0.717, 1.165) is 6.07 Å². The minimum absolute atomic E-state index is 0.0461. The quantitative estimate of drug-likeness (QED) is 0.314. The zero-order chi connectivity index (χ0) is 17.4. The molecule has 8 nitrogen and oxygen atoms in total. The lowest BCUT2D eigenvalue weighted by molar-refractivity contribution is -0.384. The van der Waals surface area contributed by atoms with Crippen LogP contribution in [0.4, 0.5) is 11.4 Å². The highest BCUT2D eigenvalue weighted by Gasteiger charge is 2.24. The van der Waals surface area contributed by atoms with Crippen molar-refractivity contribution in [1.29, 1.82) is 0 Å². The first-order valence-electron chi connectivity index (χ1n) is 6.82. The number of hydrogen-bond donors (Lipinski definition) is 0. The van der Waals surface area contributed by atoms with Gasteiger partial charge < -0.3 is 14.4 Å². The molecule has 1 aromatic carbocycles. The maximum Gasteiger partial charge on any atom is 0.339 e. The maximum absolute atomic E-state index is 12.3. The predicted octanol–water partition coefficient (Wildman–Crippen LogP) is 1.94. The van der Waals surface area contributed by atoms with Crippen LogP contribution in [0, 0.1) is 10.1 Å². The number of benzene rings is 1. The first kappa shape index (κ1) is 18.3. The van der Waals surface area contributed by atoms with Crippen molar-refractivity contribution in [1.82, 2.24) is 0 Å². The summed E-state index contributed by atoms with van der Waals surface area (Å²) in [4.78, 5) is 35.7. The fourth-order valence-electron chi connectivity index (χ4n) is 1.87. The van der Waals surface area contributed by atoms with Crippen LogP contribution in [0.5, 0.6) is 0 Å². The molecule has 0 unspecified atom stereocenters. The van der Waals surface area contributed by atoms with E-state index in [2.05, 4.69) is 11.3 Å². The van der Waals surface area contributed by atoms with Gasteiger partial charge in [0.05, 0.1) is 23.3 Å². The molecule has 0 aromatic heterocycles. The minimum atomic E-state index is -0.701. The van der Waals surface area contributed by atoms with Gasteiger partial charge in [0.2, 0.25) is 0 Å². The molecule has 0 aliphatic rings. The number of anilines is 1. The SMILES string of the molecule is C=CCN(C(=O)COCC)c1cc([N+](=O)[O-])ccc1C(=O)OC. The van der Waals surface area contributed by atoms with E-state index in [-0.39, 0.29) is 30.1 Å². The number of nitro benzene ring substituents is 1. The van der Waals surface area contributed by atoms with Crippen LogP contribution >= 0.6 is 0 Å². The van der Waals surface area contributed by atoms with Gasteiger partial charge in [-0.3, -0.25) is 14.9 Å². The Hall–Kier alpha value is -2.74. The molecule has 0 bridgehead atoms. The fraction of sp³-hybridized carbons (Fsp3) is 0.333. The van der Waals surface area contributed by atoms with Crippen molar-refractivity contribution in [3.05, 3.63) is 46.5 Å². The Labute approximate surface area is 133 Å². The second-order valence-electron chi connectivity index (χ2n) is 4.38. The van der Waals surface area contributed by atoms with Gasteiger partial charge in [0.15, 0.2) is 0 Å². The number of ether oxygens (including phenoxy) is 2. The molecule has 0 spiro atoms. The molecule has 0 heterocycles. The number of carbonyl (C=O) groups excluding carboxylic acids is 2. The number of methoxy groups -OCH3 is 1. The summed E-state index contributed by atoms with van der Waals surface area (Å²) in [6, 6.07) is 3.58. The maximum atomic E-state index is 12.3. The molecule has 0 fully saturated rings. The van der Waals surface area contributed by atoms with Gasteiger partial charge in [-0.15, -0.1) is 6.58 Å². The molecule has 0 radical (unpaired) electrons. The molecule has 8 heteroatoms. The fourth-order valence-corrected chi connectivity index (χ4v) is 1.87. The molecule has 1 amide bonds. The Morgan fingerprint density at radius 2 is 2.13 bits per heavy atom. The lowest BCUT2D eigenvalue weighted by atomic mass is 10.1. The standard InChI is InChI=1S/C15H18N2O6/c1-4-8-16(14(18)10-23-5-2)13-9-11(17(20)21)6-7-12(13)15(19)22-3/h4,6-7,9H,1,5,8,10H2,2-3H3. The van der Waals surface area contributed by atoms with E-state index in [1.807, 2.05) is 0 Å². The van der Waals surface area contributed by atoms with Crippen LogP contribution in [0.2, 0.25) is 0 Å². The van der Waals surface area contributed by atoms with E-state index in [9.17, 15) is 19.7 Å². The number of esters is 1. The molecule has 23 heavy (non-hydrogen) atoms. The van der Waals surface area contributed by atoms with Gasteiger partial charge in [0, 0.05) is 25.3 Å². The van der Waals surface area contributed by atoms with Crippen LogP contribution in [-0.2, 0) is 14.3 Å². The highest BCUT2D eigenvalue weighted by Crippen LogP contribution is 2.27. The molecule has 0 saturated heterocycles. The molecule has 1 rings (SSSR count). The van der Waals surface area contributed by atoms with Gasteiger partial charge >= 0.3 is 5.97 Å². The predicted molar refractivity (Wildman–Crippen MR) is 83.5 cm³/mol. The molecule has 0 aliphatic heterocycles. The third-order valence-corrected chi connectivity index (χ3v) is 2.93. The van der Waals surface area contributed by atoms with Gasteiger partial charge in [-0.1, -0.05) is 6.08 Å². The Morgan fingerprint density at radius 1 is 1.43 bits per heavy atom. The highest BCUT2D eigenvalue weighted by molar-refractivity contribution is 6.03. The van der Waals surface area contributed by atoms with Crippen molar-refractivity contribution in [3.8, 4) is 0 Å². The Kier molecular flexibility index (Phi) is 6.88. The van der Waals surface area contributed by atoms with E-state index in [0.29, 0.717) is 6.61 Å². The first-order valence-corrected chi connectivity index (χ1v) is 6.82. The van der Waals surface area contributed by atoms with Gasteiger partial charge in [-0.05, 0) is 13.0 Å². The normalized spacial score (nSPS) is 10.0. The van der Waals surface area contributed by atoms with Crippen molar-refractivity contribution in [3.63, 3.8) is 0 Å². The average molecular weight is 322 g/mol. The number of nitrogens with zero attached hydrogens (tertiary/aromatic N) is 2. The second kappa shape index (κ2) is 8.64. The zero-order valence-corrected chi connectivity index (χ0v) is 13.0. The monoisotopic (exact) mass is 322 g/mol. The number of carbonyl (C=O) groups is 2. The third-order valence-electron chi connectivity index (χ3n) is 2.93. The van der Waals surface area contributed by atoms with Crippen molar-refractivity contribution < 1.29 is 24.0 Å². The van der Waals surface area contributed by atoms with Crippen LogP contribution in [-0.4, -0.2) is 43.7 Å². The van der Waals surface area contributed by atoms with E-state index >= 15 is 0 Å². The second-order valence-corrected chi connectivity index (χ2v) is 4.38. The summed E-state index contributed by atoms with van der Waals surface area (Å²) in [5.74, 6) is -1.15. The number of hydrogen-bond acceptors (Lipinski definition) is 6. The van der Waals surface area contributed by atoms with Crippen molar-refractivity contribution in [2.75, 3.05) is 31.8 Å². The average Bonchev–Trinajstić information content (AvgIpc) is 2.56. The van der Waals surface area contributed by atoms with E-state index in [1.165, 1.54) is 30.2 Å². The Balaban J connectivity index is 3.37. The number of amides is 1. The number of nitro groups is 1. The van der Waals surface area contributed by atoms with Gasteiger partial charge in [0.1, 0.15) is 6.61 Å². The molecule has 0 N–H and O–H groups in total. The zero-order valence-electron chi connectivity index (χ0n) is 13.0. The van der Waals surface area contributed by atoms with Crippen LogP contribution in [0.3, 0.4) is 0 Å². The summed E-state index contributed by atoms with van der Waals surface area (Å²) in [6.45, 7) is 5.48. The molecule has 0 saturated carbocycles. The van der Waals surface area contributed by atoms with E-state index in [1.54, 1.807) is 6.92 Å². The van der Waals surface area contributed by atoms with Crippen LogP contribution in [0.1, 0.15) is 17.3 Å². The number of non-ortho nitro benzene ring substituents is 1. The van der Waals surface area contributed by atoms with Gasteiger partial charge in [-0.25, -0.2) is 4.79 Å². The van der Waals surface area contributed by atoms with Crippen LogP contribution in [0.25, 0.3) is 0 Å². The first-order chi connectivity index (χ1) is 11.0. The molecule has 0 aliphatic carbocycles. The smallest absolute Gasteiger partial charge is 0.339 e. The lowest BCUT2D eigenvalue weighted by Crippen LogP contribution is -2.35. The summed E-state index contributed by atoms with van der Waals surface area (Å²) in [7, 11) is 1.19.